The number of thioether (sulfide) groups is 1. The molecule has 0 bridgehead atoms. The van der Waals surface area contributed by atoms with Crippen LogP contribution in [0, 0.1) is 0 Å². The first-order chi connectivity index (χ1) is 10.5. The third-order valence-electron chi connectivity index (χ3n) is 2.99. The second-order valence-electron chi connectivity index (χ2n) is 4.44. The van der Waals surface area contributed by atoms with Crippen molar-refractivity contribution >= 4 is 79.3 Å². The van der Waals surface area contributed by atoms with Crippen LogP contribution in [0.25, 0.3) is 16.2 Å². The van der Waals surface area contributed by atoms with Gasteiger partial charge in [0.05, 0.1) is 9.93 Å². The summed E-state index contributed by atoms with van der Waals surface area (Å²) in [5, 5.41) is 10.3. The first kappa shape index (κ1) is 15.5. The number of benzene rings is 1. The lowest BCUT2D eigenvalue weighted by atomic mass is 10.2. The Balaban J connectivity index is 1.98. The fourth-order valence-corrected chi connectivity index (χ4v) is 4.76. The minimum absolute atomic E-state index is 0.246. The smallest absolute Gasteiger partial charge is 0.323 e. The molecule has 2 aromatic rings. The van der Waals surface area contributed by atoms with Crippen LogP contribution in [0.4, 0.5) is 0 Å². The number of aliphatic carboxylic acids is 1. The first-order valence-electron chi connectivity index (χ1n) is 6.11. The highest BCUT2D eigenvalue weighted by Crippen LogP contribution is 2.39. The molecule has 112 valence electrons. The molecule has 1 aliphatic heterocycles. The highest BCUT2D eigenvalue weighted by atomic mass is 35.5. The van der Waals surface area contributed by atoms with Gasteiger partial charge in [0.25, 0.3) is 5.91 Å². The third-order valence-corrected chi connectivity index (χ3v) is 6.00. The number of thiophene rings is 1. The normalized spacial score (nSPS) is 17.0. The monoisotopic (exact) mass is 369 g/mol. The standard InChI is InChI=1S/C14H8ClNO3S3/c15-12-7-3-1-2-4-8(7)21-9(12)5-10-13(19)16(6-11(17)18)14(20)22-10/h1-5H,6H2,(H,17,18)/b10-5+. The molecule has 1 amide bonds. The Hall–Kier alpha value is -1.41. The molecule has 0 saturated carbocycles. The number of hydrogen-bond donors (Lipinski definition) is 1. The molecule has 1 saturated heterocycles. The van der Waals surface area contributed by atoms with Crippen molar-refractivity contribution in [3.63, 3.8) is 0 Å². The molecule has 0 spiro atoms. The number of amides is 1. The number of carbonyl (C=O) groups excluding carboxylic acids is 1. The fourth-order valence-electron chi connectivity index (χ4n) is 2.02. The van der Waals surface area contributed by atoms with Crippen molar-refractivity contribution < 1.29 is 14.7 Å². The van der Waals surface area contributed by atoms with E-state index < -0.39 is 18.4 Å². The van der Waals surface area contributed by atoms with Gasteiger partial charge in [-0.3, -0.25) is 14.5 Å². The zero-order valence-corrected chi connectivity index (χ0v) is 14.1. The van der Waals surface area contributed by atoms with E-state index in [2.05, 4.69) is 0 Å². The summed E-state index contributed by atoms with van der Waals surface area (Å²) in [7, 11) is 0. The summed E-state index contributed by atoms with van der Waals surface area (Å²) >= 11 is 14.0. The van der Waals surface area contributed by atoms with Crippen molar-refractivity contribution in [3.8, 4) is 0 Å². The minimum atomic E-state index is -1.10. The van der Waals surface area contributed by atoms with Crippen molar-refractivity contribution in [2.75, 3.05) is 6.54 Å². The van der Waals surface area contributed by atoms with Gasteiger partial charge >= 0.3 is 5.97 Å². The predicted molar refractivity (Wildman–Crippen MR) is 94.3 cm³/mol. The molecule has 4 nitrogen and oxygen atoms in total. The van der Waals surface area contributed by atoms with Gasteiger partial charge in [-0.25, -0.2) is 0 Å². The molecule has 1 aliphatic rings. The lowest BCUT2D eigenvalue weighted by molar-refractivity contribution is -0.140. The highest BCUT2D eigenvalue weighted by molar-refractivity contribution is 8.26. The van der Waals surface area contributed by atoms with Gasteiger partial charge in [-0.1, -0.05) is 53.8 Å². The number of halogens is 1. The summed E-state index contributed by atoms with van der Waals surface area (Å²) in [5.74, 6) is -1.50. The molecular weight excluding hydrogens is 362 g/mol. The number of carboxylic acids is 1. The second kappa shape index (κ2) is 6.00. The average molecular weight is 370 g/mol. The summed E-state index contributed by atoms with van der Waals surface area (Å²) in [4.78, 5) is 25.2. The lowest BCUT2D eigenvalue weighted by Crippen LogP contribution is -2.33. The fraction of sp³-hybridized carbons (Fsp3) is 0.0714. The van der Waals surface area contributed by atoms with Gasteiger partial charge in [0.15, 0.2) is 0 Å². The van der Waals surface area contributed by atoms with Gasteiger partial charge in [0, 0.05) is 15.0 Å². The number of nitrogens with zero attached hydrogens (tertiary/aromatic N) is 1. The Morgan fingerprint density at radius 2 is 2.14 bits per heavy atom. The zero-order valence-electron chi connectivity index (χ0n) is 10.9. The molecule has 8 heteroatoms. The van der Waals surface area contributed by atoms with Crippen molar-refractivity contribution in [3.05, 3.63) is 39.1 Å². The Labute approximate surface area is 144 Å². The summed E-state index contributed by atoms with van der Waals surface area (Å²) in [5.41, 5.74) is 0. The molecule has 3 rings (SSSR count). The van der Waals surface area contributed by atoms with Gasteiger partial charge in [0.1, 0.15) is 10.9 Å². The average Bonchev–Trinajstić information content (AvgIpc) is 2.92. The number of carbonyl (C=O) groups is 2. The van der Waals surface area contributed by atoms with E-state index in [0.717, 1.165) is 31.6 Å². The molecule has 1 aromatic carbocycles. The maximum atomic E-state index is 12.2. The van der Waals surface area contributed by atoms with Crippen LogP contribution in [0.15, 0.2) is 29.2 Å². The molecule has 0 radical (unpaired) electrons. The van der Waals surface area contributed by atoms with Gasteiger partial charge in [-0.2, -0.15) is 0 Å². The van der Waals surface area contributed by atoms with Gasteiger partial charge in [0.2, 0.25) is 0 Å². The van der Waals surface area contributed by atoms with E-state index in [1.54, 1.807) is 6.08 Å². The number of thiocarbonyl (C=S) groups is 1. The maximum absolute atomic E-state index is 12.2. The van der Waals surface area contributed by atoms with Crippen molar-refractivity contribution in [1.29, 1.82) is 0 Å². The second-order valence-corrected chi connectivity index (χ2v) is 7.58. The summed E-state index contributed by atoms with van der Waals surface area (Å²) in [6, 6.07) is 7.70. The van der Waals surface area contributed by atoms with E-state index >= 15 is 0 Å². The van der Waals surface area contributed by atoms with Crippen molar-refractivity contribution in [1.82, 2.24) is 4.90 Å². The predicted octanol–water partition coefficient (Wildman–Crippen LogP) is 3.84. The number of rotatable bonds is 3. The molecule has 1 N–H and O–H groups in total. The lowest BCUT2D eigenvalue weighted by Gasteiger charge is -2.10. The van der Waals surface area contributed by atoms with Crippen molar-refractivity contribution in [2.24, 2.45) is 0 Å². The molecule has 0 aliphatic carbocycles. The number of hydrogen-bond acceptors (Lipinski definition) is 5. The van der Waals surface area contributed by atoms with E-state index in [9.17, 15) is 9.59 Å². The van der Waals surface area contributed by atoms with Crippen LogP contribution >= 0.6 is 46.9 Å². The van der Waals surface area contributed by atoms with Gasteiger partial charge < -0.3 is 5.11 Å². The van der Waals surface area contributed by atoms with Crippen LogP contribution in [-0.2, 0) is 9.59 Å². The van der Waals surface area contributed by atoms with E-state index in [-0.39, 0.29) is 4.32 Å². The molecular formula is C14H8ClNO3S3. The van der Waals surface area contributed by atoms with Crippen LogP contribution in [0.3, 0.4) is 0 Å². The maximum Gasteiger partial charge on any atom is 0.323 e. The van der Waals surface area contributed by atoms with Crippen LogP contribution in [0.1, 0.15) is 4.88 Å². The van der Waals surface area contributed by atoms with E-state index in [1.807, 2.05) is 24.3 Å². The SMILES string of the molecule is O=C(O)CN1C(=O)/C(=C\c2sc3ccccc3c2Cl)SC1=S. The van der Waals surface area contributed by atoms with Crippen LogP contribution in [0.5, 0.6) is 0 Å². The number of carboxylic acid groups (broad SMARTS) is 1. The summed E-state index contributed by atoms with van der Waals surface area (Å²) in [6.45, 7) is -0.428. The van der Waals surface area contributed by atoms with E-state index in [4.69, 9.17) is 28.9 Å². The quantitative estimate of drug-likeness (QED) is 0.658. The Morgan fingerprint density at radius 1 is 1.41 bits per heavy atom. The van der Waals surface area contributed by atoms with Gasteiger partial charge in [-0.15, -0.1) is 11.3 Å². The topological polar surface area (TPSA) is 57.6 Å². The molecule has 1 aromatic heterocycles. The van der Waals surface area contributed by atoms with E-state index in [1.165, 1.54) is 11.3 Å². The molecule has 2 heterocycles. The molecule has 22 heavy (non-hydrogen) atoms. The zero-order chi connectivity index (χ0) is 15.9. The number of fused-ring (bicyclic) bond motifs is 1. The van der Waals surface area contributed by atoms with Gasteiger partial charge in [-0.05, 0) is 12.1 Å². The summed E-state index contributed by atoms with van der Waals surface area (Å²) in [6.07, 6.45) is 1.67. The highest BCUT2D eigenvalue weighted by Gasteiger charge is 2.33. The Morgan fingerprint density at radius 3 is 2.82 bits per heavy atom. The molecule has 1 fully saturated rings. The first-order valence-corrected chi connectivity index (χ1v) is 8.53. The Bertz CT molecular complexity index is 843. The van der Waals surface area contributed by atoms with Crippen LogP contribution < -0.4 is 0 Å². The van der Waals surface area contributed by atoms with Crippen LogP contribution in [0.2, 0.25) is 5.02 Å². The van der Waals surface area contributed by atoms with E-state index in [0.29, 0.717) is 9.93 Å². The largest absolute Gasteiger partial charge is 0.480 e. The molecule has 0 atom stereocenters. The van der Waals surface area contributed by atoms with Crippen LogP contribution in [-0.4, -0.2) is 32.7 Å². The Kier molecular flexibility index (Phi) is 4.22. The van der Waals surface area contributed by atoms with Crippen molar-refractivity contribution in [2.45, 2.75) is 0 Å². The molecule has 0 unspecified atom stereocenters. The summed E-state index contributed by atoms with van der Waals surface area (Å²) < 4.78 is 1.27. The third kappa shape index (κ3) is 2.77. The minimum Gasteiger partial charge on any atom is -0.480 e.